The Morgan fingerprint density at radius 3 is 1.26 bits per heavy atom. The van der Waals surface area contributed by atoms with Gasteiger partial charge in [0.1, 0.15) is 0 Å². The molecule has 0 spiro atoms. The maximum absolute atomic E-state index is 11.5. The molecule has 0 aromatic carbocycles. The summed E-state index contributed by atoms with van der Waals surface area (Å²) in [5.41, 5.74) is 0. The highest BCUT2D eigenvalue weighted by molar-refractivity contribution is 7.00. The summed E-state index contributed by atoms with van der Waals surface area (Å²) in [4.78, 5) is 11.5. The van der Waals surface area contributed by atoms with Gasteiger partial charge in [-0.25, -0.2) is 0 Å². The van der Waals surface area contributed by atoms with Crippen LogP contribution in [0, 0.1) is 0 Å². The van der Waals surface area contributed by atoms with Gasteiger partial charge in [-0.15, -0.1) is 0 Å². The summed E-state index contributed by atoms with van der Waals surface area (Å²) in [5.74, 6) is -0.418. The third-order valence-electron chi connectivity index (χ3n) is 5.42. The number of hydrogen-bond donors (Lipinski definition) is 0. The summed E-state index contributed by atoms with van der Waals surface area (Å²) in [7, 11) is -28.3. The minimum Gasteiger partial charge on any atom is -0.466 e. The van der Waals surface area contributed by atoms with E-state index >= 15 is 0 Å². The molecule has 34 heavy (non-hydrogen) atoms. The van der Waals surface area contributed by atoms with Crippen LogP contribution in [0.15, 0.2) is 0 Å². The molecule has 0 aromatic heterocycles. The number of hydrogen-bond acceptors (Lipinski definition) is 14. The summed E-state index contributed by atoms with van der Waals surface area (Å²) < 4.78 is 83.7. The highest BCUT2D eigenvalue weighted by Gasteiger charge is 2.76. The SMILES string of the molecule is CC(=O)OCC[Si]12CO[Si]3(C)O[Si]4(C)O[Si](C)(O1)O[Si]1(C)O[Si](C)(O2)O[Si](C)(O3)O[Si](C)(O4)O1. The van der Waals surface area contributed by atoms with Crippen molar-refractivity contribution in [3.8, 4) is 0 Å². The van der Waals surface area contributed by atoms with Gasteiger partial charge in [-0.05, 0) is 0 Å². The Hall–Kier alpha value is 0.725. The number of rotatable bonds is 3. The second-order valence-electron chi connectivity index (χ2n) is 9.45. The van der Waals surface area contributed by atoms with Crippen LogP contribution in [0.4, 0.5) is 0 Å². The van der Waals surface area contributed by atoms with Gasteiger partial charge < -0.3 is 54.4 Å². The van der Waals surface area contributed by atoms with Crippen molar-refractivity contribution in [3.63, 3.8) is 0 Å². The minimum absolute atomic E-state index is 0.00436. The number of carbonyl (C=O) groups is 1. The number of esters is 1. The summed E-state index contributed by atoms with van der Waals surface area (Å²) in [5, 5.41) is 0. The normalized spacial score (nSPS) is 56.6. The van der Waals surface area contributed by atoms with Gasteiger partial charge in [0.25, 0.3) is 0 Å². The Bertz CT molecular complexity index is 857. The van der Waals surface area contributed by atoms with E-state index in [-0.39, 0.29) is 18.9 Å². The lowest BCUT2D eigenvalue weighted by molar-refractivity contribution is -0.140. The van der Waals surface area contributed by atoms with Gasteiger partial charge in [-0.3, -0.25) is 4.79 Å². The average molecular weight is 623 g/mol. The molecule has 194 valence electrons. The zero-order valence-electron chi connectivity index (χ0n) is 20.3. The lowest BCUT2D eigenvalue weighted by atomic mass is 10.8. The highest BCUT2D eigenvalue weighted by atomic mass is 28.6. The first-order chi connectivity index (χ1) is 15.4. The molecule has 0 aliphatic carbocycles. The van der Waals surface area contributed by atoms with E-state index in [9.17, 15) is 4.79 Å². The third-order valence-corrected chi connectivity index (χ3v) is 40.6. The first kappa shape index (κ1) is 26.3. The molecule has 0 aromatic rings. The molecule has 6 fully saturated rings. The van der Waals surface area contributed by atoms with Gasteiger partial charge in [0.05, 0.1) is 12.8 Å². The maximum atomic E-state index is 11.5. The fourth-order valence-corrected chi connectivity index (χ4v) is 49.7. The molecule has 0 saturated carbocycles. The Morgan fingerprint density at radius 1 is 0.588 bits per heavy atom. The molecule has 6 rings (SSSR count). The Labute approximate surface area is 206 Å². The number of carbonyl (C=O) groups excluding carboxylic acids is 1. The highest BCUT2D eigenvalue weighted by Crippen LogP contribution is 2.46. The van der Waals surface area contributed by atoms with E-state index in [1.54, 1.807) is 45.8 Å². The molecule has 6 saturated heterocycles. The van der Waals surface area contributed by atoms with E-state index in [4.69, 9.17) is 54.4 Å². The van der Waals surface area contributed by atoms with Crippen LogP contribution >= 0.6 is 0 Å². The van der Waals surface area contributed by atoms with Crippen LogP contribution in [0.1, 0.15) is 6.92 Å². The van der Waals surface area contributed by atoms with Gasteiger partial charge >= 0.3 is 76.2 Å². The molecule has 6 heterocycles. The van der Waals surface area contributed by atoms with E-state index in [2.05, 4.69) is 0 Å². The maximum Gasteiger partial charge on any atom is 0.482 e. The van der Waals surface area contributed by atoms with E-state index in [0.29, 0.717) is 0 Å². The predicted octanol–water partition coefficient (Wildman–Crippen LogP) is 0.779. The van der Waals surface area contributed by atoms with Crippen molar-refractivity contribution >= 4 is 76.2 Å². The first-order valence-corrected chi connectivity index (χ1v) is 28.7. The van der Waals surface area contributed by atoms with Crippen LogP contribution in [-0.2, 0) is 59.2 Å². The van der Waals surface area contributed by atoms with Crippen LogP contribution in [0.2, 0.25) is 51.9 Å². The molecule has 6 aliphatic rings. The number of ether oxygens (including phenoxy) is 1. The van der Waals surface area contributed by atoms with Crippen LogP contribution in [-0.4, -0.2) is 89.0 Å². The topological polar surface area (TPSA) is 137 Å². The van der Waals surface area contributed by atoms with Gasteiger partial charge in [0, 0.05) is 58.8 Å². The van der Waals surface area contributed by atoms with Crippen molar-refractivity contribution in [1.82, 2.24) is 0 Å². The molecular formula is C12H30O14Si8. The zero-order valence-corrected chi connectivity index (χ0v) is 28.3. The molecule has 4 unspecified atom stereocenters. The van der Waals surface area contributed by atoms with Crippen molar-refractivity contribution < 1.29 is 59.2 Å². The zero-order chi connectivity index (χ0) is 24.9. The standard InChI is InChI=1S/C12H30O14Si8/c1-12(13)14-9-10-34-11-15-27(2)16-28(3)18-30(5)19-29(4,17-27)22-33(8,26-34)24-31(6,20-30)23-32(7,21-28)25-34/h9-11H2,1-8H3. The second-order valence-corrected chi connectivity index (χ2v) is 33.4. The molecular weight excluding hydrogens is 593 g/mol. The largest absolute Gasteiger partial charge is 0.482 e. The summed E-state index contributed by atoms with van der Waals surface area (Å²) in [6.45, 7) is 13.5. The van der Waals surface area contributed by atoms with E-state index in [1.165, 1.54) is 6.92 Å². The van der Waals surface area contributed by atoms with Crippen LogP contribution in [0.3, 0.4) is 0 Å². The van der Waals surface area contributed by atoms with Crippen molar-refractivity contribution in [2.75, 3.05) is 12.8 Å². The van der Waals surface area contributed by atoms with E-state index < -0.39 is 76.2 Å². The Morgan fingerprint density at radius 2 is 0.912 bits per heavy atom. The molecule has 22 heteroatoms. The summed E-state index contributed by atoms with van der Waals surface area (Å²) >= 11 is 0. The third kappa shape index (κ3) is 5.05. The molecule has 0 N–H and O–H groups in total. The van der Waals surface area contributed by atoms with Crippen molar-refractivity contribution in [3.05, 3.63) is 0 Å². The predicted molar refractivity (Wildman–Crippen MR) is 126 cm³/mol. The van der Waals surface area contributed by atoms with Crippen LogP contribution < -0.4 is 0 Å². The lowest BCUT2D eigenvalue weighted by Crippen LogP contribution is -2.82. The van der Waals surface area contributed by atoms with Gasteiger partial charge in [0.2, 0.25) is 0 Å². The number of fused-ring (bicyclic) bond motifs is 1. The van der Waals surface area contributed by atoms with Crippen molar-refractivity contribution in [2.45, 2.75) is 58.8 Å². The monoisotopic (exact) mass is 622 g/mol. The van der Waals surface area contributed by atoms with E-state index in [0.717, 1.165) is 0 Å². The molecule has 14 nitrogen and oxygen atoms in total. The van der Waals surface area contributed by atoms with Gasteiger partial charge in [0.15, 0.2) is 0 Å². The quantitative estimate of drug-likeness (QED) is 0.324. The second kappa shape index (κ2) is 7.87. The van der Waals surface area contributed by atoms with Gasteiger partial charge in [-0.1, -0.05) is 0 Å². The smallest absolute Gasteiger partial charge is 0.466 e. The molecule has 4 atom stereocenters. The fourth-order valence-electron chi connectivity index (χ4n) is 5.01. The first-order valence-electron chi connectivity index (χ1n) is 10.9. The van der Waals surface area contributed by atoms with E-state index in [1.807, 2.05) is 0 Å². The van der Waals surface area contributed by atoms with Crippen molar-refractivity contribution in [2.24, 2.45) is 0 Å². The molecule has 0 radical (unpaired) electrons. The van der Waals surface area contributed by atoms with Crippen LogP contribution in [0.5, 0.6) is 0 Å². The molecule has 8 bridgehead atoms. The average Bonchev–Trinajstić information content (AvgIpc) is 2.57. The Balaban J connectivity index is 1.71. The van der Waals surface area contributed by atoms with Gasteiger partial charge in [-0.2, -0.15) is 0 Å². The minimum atomic E-state index is -3.60. The Kier molecular flexibility index (Phi) is 6.10. The molecule has 6 aliphatic heterocycles. The lowest BCUT2D eigenvalue weighted by Gasteiger charge is -2.56. The summed E-state index contributed by atoms with van der Waals surface area (Å²) in [6, 6.07) is 0.228. The van der Waals surface area contributed by atoms with Crippen molar-refractivity contribution in [1.29, 1.82) is 0 Å². The summed E-state index contributed by atoms with van der Waals surface area (Å²) in [6.07, 6.45) is 0.00436. The fraction of sp³-hybridized carbons (Fsp3) is 0.917. The molecule has 0 amide bonds. The van der Waals surface area contributed by atoms with Crippen LogP contribution in [0.25, 0.3) is 0 Å².